The topological polar surface area (TPSA) is 67.8 Å². The lowest BCUT2D eigenvalue weighted by molar-refractivity contribution is 0.862. The van der Waals surface area contributed by atoms with Crippen LogP contribution in [0.4, 0.5) is 0 Å². The largest absolute Gasteiger partial charge is 0.346 e. The molecule has 6 heteroatoms. The summed E-state index contributed by atoms with van der Waals surface area (Å²) in [6.45, 7) is 0. The Labute approximate surface area is 153 Å². The Bertz CT molecular complexity index is 1220. The molecule has 0 unspecified atom stereocenters. The van der Waals surface area contributed by atoms with Gasteiger partial charge in [0.05, 0.1) is 11.1 Å². The van der Waals surface area contributed by atoms with Gasteiger partial charge in [0, 0.05) is 42.2 Å². The van der Waals surface area contributed by atoms with Gasteiger partial charge in [0.1, 0.15) is 10.7 Å². The van der Waals surface area contributed by atoms with Gasteiger partial charge in [0.15, 0.2) is 5.43 Å². The van der Waals surface area contributed by atoms with Gasteiger partial charge in [-0.3, -0.25) is 9.59 Å². The predicted molar refractivity (Wildman–Crippen MR) is 103 cm³/mol. The van der Waals surface area contributed by atoms with Crippen LogP contribution >= 0.6 is 11.6 Å². The van der Waals surface area contributed by atoms with E-state index in [1.54, 1.807) is 31.6 Å². The third kappa shape index (κ3) is 2.72. The van der Waals surface area contributed by atoms with E-state index >= 15 is 0 Å². The third-order valence-corrected chi connectivity index (χ3v) is 4.51. The van der Waals surface area contributed by atoms with Gasteiger partial charge in [-0.05, 0) is 12.1 Å². The molecule has 0 aliphatic carbocycles. The Morgan fingerprint density at radius 3 is 2.54 bits per heavy atom. The maximum absolute atomic E-state index is 12.3. The molecule has 1 N–H and O–H groups in total. The predicted octanol–water partition coefficient (Wildman–Crippen LogP) is 3.61. The van der Waals surface area contributed by atoms with E-state index in [9.17, 15) is 9.59 Å². The Morgan fingerprint density at radius 1 is 1.04 bits per heavy atom. The zero-order chi connectivity index (χ0) is 18.3. The van der Waals surface area contributed by atoms with Crippen molar-refractivity contribution in [1.82, 2.24) is 14.5 Å². The summed E-state index contributed by atoms with van der Waals surface area (Å²) < 4.78 is 1.42. The molecule has 0 aliphatic rings. The van der Waals surface area contributed by atoms with E-state index < -0.39 is 0 Å². The number of aryl methyl sites for hydroxylation is 1. The summed E-state index contributed by atoms with van der Waals surface area (Å²) in [6, 6.07) is 14.5. The number of pyridine rings is 3. The highest BCUT2D eigenvalue weighted by atomic mass is 35.5. The molecule has 4 rings (SSSR count). The summed E-state index contributed by atoms with van der Waals surface area (Å²) in [6.07, 6.45) is 3.27. The van der Waals surface area contributed by atoms with Crippen LogP contribution in [0.2, 0.25) is 5.02 Å². The minimum Gasteiger partial charge on any atom is -0.346 e. The van der Waals surface area contributed by atoms with Crippen LogP contribution in [0.5, 0.6) is 0 Å². The van der Waals surface area contributed by atoms with Crippen molar-refractivity contribution in [2.24, 2.45) is 7.05 Å². The molecule has 0 amide bonds. The first-order valence-electron chi connectivity index (χ1n) is 7.99. The zero-order valence-corrected chi connectivity index (χ0v) is 14.6. The molecule has 128 valence electrons. The average Bonchev–Trinajstić information content (AvgIpc) is 2.66. The van der Waals surface area contributed by atoms with E-state index in [1.807, 2.05) is 30.3 Å². The monoisotopic (exact) mass is 363 g/mol. The summed E-state index contributed by atoms with van der Waals surface area (Å²) in [7, 11) is 1.64. The zero-order valence-electron chi connectivity index (χ0n) is 13.9. The second-order valence-electron chi connectivity index (χ2n) is 5.98. The maximum atomic E-state index is 12.3. The van der Waals surface area contributed by atoms with Crippen molar-refractivity contribution in [2.75, 3.05) is 0 Å². The molecule has 26 heavy (non-hydrogen) atoms. The molecule has 5 nitrogen and oxygen atoms in total. The van der Waals surface area contributed by atoms with Crippen LogP contribution in [0.1, 0.15) is 0 Å². The molecule has 0 spiro atoms. The number of benzene rings is 1. The average molecular weight is 364 g/mol. The summed E-state index contributed by atoms with van der Waals surface area (Å²) >= 11 is 6.10. The van der Waals surface area contributed by atoms with E-state index in [-0.39, 0.29) is 16.0 Å². The van der Waals surface area contributed by atoms with Gasteiger partial charge in [0.25, 0.3) is 5.56 Å². The second kappa shape index (κ2) is 6.28. The Hall–Kier alpha value is -3.18. The maximum Gasteiger partial charge on any atom is 0.269 e. The van der Waals surface area contributed by atoms with E-state index in [4.69, 9.17) is 11.6 Å². The summed E-state index contributed by atoms with van der Waals surface area (Å²) in [5.74, 6) is 0. The van der Waals surface area contributed by atoms with Crippen LogP contribution in [0.25, 0.3) is 33.4 Å². The van der Waals surface area contributed by atoms with Crippen molar-refractivity contribution in [3.05, 3.63) is 86.5 Å². The van der Waals surface area contributed by atoms with E-state index in [0.29, 0.717) is 22.3 Å². The van der Waals surface area contributed by atoms with Gasteiger partial charge in [-0.2, -0.15) is 0 Å². The van der Waals surface area contributed by atoms with E-state index in [0.717, 1.165) is 11.1 Å². The Kier molecular flexibility index (Phi) is 3.93. The van der Waals surface area contributed by atoms with Crippen molar-refractivity contribution in [3.63, 3.8) is 0 Å². The van der Waals surface area contributed by atoms with Gasteiger partial charge in [-0.25, -0.2) is 4.98 Å². The molecule has 0 saturated heterocycles. The number of hydrogen-bond donors (Lipinski definition) is 1. The number of fused-ring (bicyclic) bond motifs is 1. The summed E-state index contributed by atoms with van der Waals surface area (Å²) in [5, 5.41) is 0.596. The quantitative estimate of drug-likeness (QED) is 0.591. The molecular formula is C20H14ClN3O2. The minimum atomic E-state index is -0.275. The van der Waals surface area contributed by atoms with Crippen LogP contribution in [-0.4, -0.2) is 14.5 Å². The Balaban J connectivity index is 2.11. The molecule has 0 saturated carbocycles. The van der Waals surface area contributed by atoms with Gasteiger partial charge >= 0.3 is 0 Å². The van der Waals surface area contributed by atoms with Crippen molar-refractivity contribution in [2.45, 2.75) is 0 Å². The number of H-pyrrole nitrogens is 1. The number of aromatic nitrogens is 3. The van der Waals surface area contributed by atoms with Crippen LogP contribution in [0.3, 0.4) is 0 Å². The lowest BCUT2D eigenvalue weighted by Gasteiger charge is -2.12. The van der Waals surface area contributed by atoms with E-state index in [2.05, 4.69) is 9.97 Å². The molecule has 3 heterocycles. The first-order valence-corrected chi connectivity index (χ1v) is 8.37. The number of hydrogen-bond acceptors (Lipinski definition) is 3. The molecule has 0 aliphatic heterocycles. The number of nitrogens with one attached hydrogen (secondary N) is 1. The molecule has 4 aromatic rings. The molecule has 0 radical (unpaired) electrons. The standard InChI is InChI=1S/C20H14ClN3O2/c1-24-11-13(9-16(21)20(24)26)14-10-15-17(25)7-8-22-19(15)23-18(14)12-5-3-2-4-6-12/h2-11H,1H3,(H,22,23,25). The molecule has 0 fully saturated rings. The molecule has 0 atom stereocenters. The van der Waals surface area contributed by atoms with E-state index in [1.165, 1.54) is 10.6 Å². The highest BCUT2D eigenvalue weighted by molar-refractivity contribution is 6.30. The summed E-state index contributed by atoms with van der Waals surface area (Å²) in [4.78, 5) is 31.9. The highest BCUT2D eigenvalue weighted by Crippen LogP contribution is 2.32. The van der Waals surface area contributed by atoms with Crippen molar-refractivity contribution in [3.8, 4) is 22.4 Å². The number of aromatic amines is 1. The molecule has 0 bridgehead atoms. The summed E-state index contributed by atoms with van der Waals surface area (Å²) in [5.41, 5.74) is 3.17. The fourth-order valence-electron chi connectivity index (χ4n) is 2.95. The second-order valence-corrected chi connectivity index (χ2v) is 6.39. The first kappa shape index (κ1) is 16.3. The van der Waals surface area contributed by atoms with Crippen LogP contribution < -0.4 is 11.0 Å². The van der Waals surface area contributed by atoms with Crippen LogP contribution in [-0.2, 0) is 7.05 Å². The fourth-order valence-corrected chi connectivity index (χ4v) is 3.20. The first-order chi connectivity index (χ1) is 12.5. The van der Waals surface area contributed by atoms with Crippen molar-refractivity contribution >= 4 is 22.6 Å². The van der Waals surface area contributed by atoms with Gasteiger partial charge < -0.3 is 9.55 Å². The number of nitrogens with zero attached hydrogens (tertiary/aromatic N) is 2. The van der Waals surface area contributed by atoms with Crippen molar-refractivity contribution in [1.29, 1.82) is 0 Å². The number of rotatable bonds is 2. The lowest BCUT2D eigenvalue weighted by Crippen LogP contribution is -2.16. The van der Waals surface area contributed by atoms with Gasteiger partial charge in [0.2, 0.25) is 0 Å². The number of halogens is 1. The minimum absolute atomic E-state index is 0.117. The normalized spacial score (nSPS) is 11.0. The highest BCUT2D eigenvalue weighted by Gasteiger charge is 2.14. The van der Waals surface area contributed by atoms with Crippen LogP contribution in [0.15, 0.2) is 70.5 Å². The van der Waals surface area contributed by atoms with Gasteiger partial charge in [-0.15, -0.1) is 0 Å². The lowest BCUT2D eigenvalue weighted by atomic mass is 9.99. The molecular weight excluding hydrogens is 350 g/mol. The smallest absolute Gasteiger partial charge is 0.269 e. The van der Waals surface area contributed by atoms with Crippen LogP contribution in [0, 0.1) is 0 Å². The molecule has 1 aromatic carbocycles. The Morgan fingerprint density at radius 2 is 1.81 bits per heavy atom. The van der Waals surface area contributed by atoms with Crippen molar-refractivity contribution < 1.29 is 0 Å². The molecule has 3 aromatic heterocycles. The van der Waals surface area contributed by atoms with Gasteiger partial charge in [-0.1, -0.05) is 41.9 Å². The fraction of sp³-hybridized carbons (Fsp3) is 0.0500. The third-order valence-electron chi connectivity index (χ3n) is 4.24. The SMILES string of the molecule is Cn1cc(-c2cc3c(=O)cc[nH]c3nc2-c2ccccc2)cc(Cl)c1=O.